The van der Waals surface area contributed by atoms with Crippen molar-refractivity contribution in [3.63, 3.8) is 0 Å². The van der Waals surface area contributed by atoms with Gasteiger partial charge in [0.25, 0.3) is 5.91 Å². The molecule has 0 spiro atoms. The van der Waals surface area contributed by atoms with E-state index >= 15 is 0 Å². The molecular formula is C22H23N5O. The highest BCUT2D eigenvalue weighted by molar-refractivity contribution is 6.03. The normalized spacial score (nSPS) is 12.9. The molecule has 1 aliphatic heterocycles. The summed E-state index contributed by atoms with van der Waals surface area (Å²) in [7, 11) is 0. The molecule has 1 N–H and O–H groups in total. The van der Waals surface area contributed by atoms with Gasteiger partial charge in [-0.2, -0.15) is 0 Å². The monoisotopic (exact) mass is 373 g/mol. The Labute approximate surface area is 164 Å². The predicted octanol–water partition coefficient (Wildman–Crippen LogP) is 4.08. The van der Waals surface area contributed by atoms with E-state index < -0.39 is 0 Å². The summed E-state index contributed by atoms with van der Waals surface area (Å²) in [6, 6.07) is 11.7. The number of nitrogens with one attached hydrogen (secondary N) is 1. The Morgan fingerprint density at radius 2 is 2.00 bits per heavy atom. The van der Waals surface area contributed by atoms with Crippen LogP contribution in [0, 0.1) is 6.92 Å². The van der Waals surface area contributed by atoms with Crippen LogP contribution in [0.4, 0.5) is 11.4 Å². The smallest absolute Gasteiger partial charge is 0.274 e. The number of carbonyl (C=O) groups excluding carboxylic acids is 1. The van der Waals surface area contributed by atoms with Crippen molar-refractivity contribution in [2.24, 2.45) is 0 Å². The SMILES string of the molecule is Cc1ncc2c(n1)CN(c1ccnc(C(=O)Nc3cccc(C(C)C)c3)c1)C2. The molecule has 3 heterocycles. The van der Waals surface area contributed by atoms with Gasteiger partial charge in [0.2, 0.25) is 0 Å². The van der Waals surface area contributed by atoms with E-state index in [0.717, 1.165) is 35.0 Å². The number of amides is 1. The summed E-state index contributed by atoms with van der Waals surface area (Å²) in [4.78, 5) is 27.9. The number of pyridine rings is 1. The number of fused-ring (bicyclic) bond motifs is 1. The Kier molecular flexibility index (Phi) is 4.77. The van der Waals surface area contributed by atoms with Gasteiger partial charge in [0.1, 0.15) is 11.5 Å². The molecule has 142 valence electrons. The number of aryl methyl sites for hydroxylation is 1. The first-order valence-corrected chi connectivity index (χ1v) is 9.43. The van der Waals surface area contributed by atoms with E-state index in [2.05, 4.69) is 45.1 Å². The summed E-state index contributed by atoms with van der Waals surface area (Å²) in [6.07, 6.45) is 3.56. The molecule has 1 aliphatic rings. The first-order chi connectivity index (χ1) is 13.5. The minimum absolute atomic E-state index is 0.213. The summed E-state index contributed by atoms with van der Waals surface area (Å²) in [6.45, 7) is 7.60. The average molecular weight is 373 g/mol. The van der Waals surface area contributed by atoms with Crippen molar-refractivity contribution in [2.45, 2.75) is 39.8 Å². The second-order valence-corrected chi connectivity index (χ2v) is 7.38. The highest BCUT2D eigenvalue weighted by Gasteiger charge is 2.22. The topological polar surface area (TPSA) is 71.0 Å². The Hall–Kier alpha value is -3.28. The second-order valence-electron chi connectivity index (χ2n) is 7.38. The van der Waals surface area contributed by atoms with Crippen molar-refractivity contribution in [3.8, 4) is 0 Å². The Bertz CT molecular complexity index is 1030. The van der Waals surface area contributed by atoms with Crippen LogP contribution in [0.15, 0.2) is 48.8 Å². The van der Waals surface area contributed by atoms with Crippen LogP contribution >= 0.6 is 0 Å². The van der Waals surface area contributed by atoms with Crippen LogP contribution < -0.4 is 10.2 Å². The van der Waals surface area contributed by atoms with Crippen molar-refractivity contribution in [2.75, 3.05) is 10.2 Å². The summed E-state index contributed by atoms with van der Waals surface area (Å²) in [5, 5.41) is 2.95. The molecule has 6 heteroatoms. The third kappa shape index (κ3) is 3.71. The van der Waals surface area contributed by atoms with Gasteiger partial charge in [0.15, 0.2) is 0 Å². The van der Waals surface area contributed by atoms with E-state index in [-0.39, 0.29) is 5.91 Å². The minimum atomic E-state index is -0.213. The molecule has 4 rings (SSSR count). The second kappa shape index (κ2) is 7.38. The van der Waals surface area contributed by atoms with Gasteiger partial charge in [0.05, 0.1) is 12.2 Å². The van der Waals surface area contributed by atoms with E-state index in [1.54, 1.807) is 6.20 Å². The lowest BCUT2D eigenvalue weighted by Gasteiger charge is -2.17. The third-order valence-corrected chi connectivity index (χ3v) is 4.93. The maximum absolute atomic E-state index is 12.7. The molecule has 0 fully saturated rings. The number of aromatic nitrogens is 3. The van der Waals surface area contributed by atoms with Crippen LogP contribution in [0.3, 0.4) is 0 Å². The number of hydrogen-bond donors (Lipinski definition) is 1. The minimum Gasteiger partial charge on any atom is -0.361 e. The lowest BCUT2D eigenvalue weighted by atomic mass is 10.0. The molecule has 0 radical (unpaired) electrons. The number of carbonyl (C=O) groups is 1. The molecule has 6 nitrogen and oxygen atoms in total. The van der Waals surface area contributed by atoms with Gasteiger partial charge in [-0.3, -0.25) is 9.78 Å². The fourth-order valence-corrected chi connectivity index (χ4v) is 3.35. The number of rotatable bonds is 4. The van der Waals surface area contributed by atoms with Gasteiger partial charge >= 0.3 is 0 Å². The van der Waals surface area contributed by atoms with Crippen molar-refractivity contribution in [3.05, 3.63) is 77.1 Å². The number of benzene rings is 1. The van der Waals surface area contributed by atoms with Crippen LogP contribution in [0.1, 0.15) is 52.9 Å². The first-order valence-electron chi connectivity index (χ1n) is 9.43. The number of nitrogens with zero attached hydrogens (tertiary/aromatic N) is 4. The number of anilines is 2. The summed E-state index contributed by atoms with van der Waals surface area (Å²) in [5.74, 6) is 0.968. The maximum atomic E-state index is 12.7. The van der Waals surface area contributed by atoms with Crippen LogP contribution in [0.25, 0.3) is 0 Å². The van der Waals surface area contributed by atoms with Gasteiger partial charge in [0, 0.05) is 35.9 Å². The maximum Gasteiger partial charge on any atom is 0.274 e. The highest BCUT2D eigenvalue weighted by atomic mass is 16.1. The standard InChI is InChI=1S/C22H23N5O/c1-14(2)16-5-4-6-18(9-16)26-22(28)20-10-19(7-8-23-20)27-12-17-11-24-15(3)25-21(17)13-27/h4-11,14H,12-13H2,1-3H3,(H,26,28). The van der Waals surface area contributed by atoms with E-state index in [1.165, 1.54) is 5.56 Å². The van der Waals surface area contributed by atoms with Crippen molar-refractivity contribution >= 4 is 17.3 Å². The molecule has 2 aromatic heterocycles. The largest absolute Gasteiger partial charge is 0.361 e. The molecule has 0 atom stereocenters. The van der Waals surface area contributed by atoms with Crippen LogP contribution in [-0.2, 0) is 13.1 Å². The molecule has 0 bridgehead atoms. The average Bonchev–Trinajstić information content (AvgIpc) is 3.11. The molecule has 3 aromatic rings. The summed E-state index contributed by atoms with van der Waals surface area (Å²) >= 11 is 0. The molecule has 1 amide bonds. The molecule has 1 aromatic carbocycles. The number of hydrogen-bond acceptors (Lipinski definition) is 5. The van der Waals surface area contributed by atoms with Crippen LogP contribution in [0.5, 0.6) is 0 Å². The lowest BCUT2D eigenvalue weighted by Crippen LogP contribution is -2.18. The third-order valence-electron chi connectivity index (χ3n) is 4.93. The van der Waals surface area contributed by atoms with Crippen LogP contribution in [-0.4, -0.2) is 20.9 Å². The zero-order valence-electron chi connectivity index (χ0n) is 16.3. The predicted molar refractivity (Wildman–Crippen MR) is 109 cm³/mol. The first kappa shape index (κ1) is 18.1. The molecule has 0 unspecified atom stereocenters. The molecule has 0 saturated carbocycles. The van der Waals surface area contributed by atoms with Crippen molar-refractivity contribution < 1.29 is 4.79 Å². The zero-order chi connectivity index (χ0) is 19.7. The highest BCUT2D eigenvalue weighted by Crippen LogP contribution is 2.27. The molecule has 0 aliphatic carbocycles. The van der Waals surface area contributed by atoms with E-state index in [9.17, 15) is 4.79 Å². The quantitative estimate of drug-likeness (QED) is 0.746. The van der Waals surface area contributed by atoms with Gasteiger partial charge in [-0.15, -0.1) is 0 Å². The van der Waals surface area contributed by atoms with Gasteiger partial charge < -0.3 is 10.2 Å². The fraction of sp³-hybridized carbons (Fsp3) is 0.273. The zero-order valence-corrected chi connectivity index (χ0v) is 16.3. The lowest BCUT2D eigenvalue weighted by molar-refractivity contribution is 0.102. The van der Waals surface area contributed by atoms with E-state index in [4.69, 9.17) is 0 Å². The summed E-state index contributed by atoms with van der Waals surface area (Å²) < 4.78 is 0. The van der Waals surface area contributed by atoms with Gasteiger partial charge in [-0.1, -0.05) is 26.0 Å². The van der Waals surface area contributed by atoms with Crippen molar-refractivity contribution in [1.82, 2.24) is 15.0 Å². The van der Waals surface area contributed by atoms with Crippen molar-refractivity contribution in [1.29, 1.82) is 0 Å². The van der Waals surface area contributed by atoms with Gasteiger partial charge in [-0.25, -0.2) is 9.97 Å². The molecular weight excluding hydrogens is 350 g/mol. The van der Waals surface area contributed by atoms with Crippen LogP contribution in [0.2, 0.25) is 0 Å². The Morgan fingerprint density at radius 3 is 2.82 bits per heavy atom. The Balaban J connectivity index is 1.51. The van der Waals surface area contributed by atoms with E-state index in [1.807, 2.05) is 43.5 Å². The van der Waals surface area contributed by atoms with E-state index in [0.29, 0.717) is 18.2 Å². The van der Waals surface area contributed by atoms with Gasteiger partial charge in [-0.05, 0) is 42.7 Å². The summed E-state index contributed by atoms with van der Waals surface area (Å²) in [5.41, 5.74) is 5.48. The molecule has 28 heavy (non-hydrogen) atoms. The molecule has 0 saturated heterocycles. The fourth-order valence-electron chi connectivity index (χ4n) is 3.35. The Morgan fingerprint density at radius 1 is 1.14 bits per heavy atom.